The zero-order valence-corrected chi connectivity index (χ0v) is 13.7. The monoisotopic (exact) mass is 301 g/mol. The first-order valence-electron chi connectivity index (χ1n) is 7.29. The highest BCUT2D eigenvalue weighted by atomic mass is 16.6. The molecular formula is C18H23NO3. The van der Waals surface area contributed by atoms with Gasteiger partial charge in [0, 0.05) is 6.54 Å². The number of carbonyl (C=O) groups excluding carboxylic acids is 2. The van der Waals surface area contributed by atoms with E-state index in [0.29, 0.717) is 13.0 Å². The molecule has 1 aromatic carbocycles. The van der Waals surface area contributed by atoms with E-state index in [1.54, 1.807) is 27.7 Å². The molecule has 0 bridgehead atoms. The molecule has 0 unspecified atom stereocenters. The van der Waals surface area contributed by atoms with Gasteiger partial charge in [0.2, 0.25) is 0 Å². The third kappa shape index (κ3) is 6.94. The molecule has 1 amide bonds. The van der Waals surface area contributed by atoms with E-state index in [0.717, 1.165) is 5.56 Å². The Kier molecular flexibility index (Phi) is 6.65. The van der Waals surface area contributed by atoms with Gasteiger partial charge in [0.1, 0.15) is 12.1 Å². The van der Waals surface area contributed by atoms with Gasteiger partial charge >= 0.3 is 5.97 Å². The first-order chi connectivity index (χ1) is 10.3. The highest BCUT2D eigenvalue weighted by Crippen LogP contribution is 2.08. The van der Waals surface area contributed by atoms with E-state index < -0.39 is 11.6 Å². The van der Waals surface area contributed by atoms with Gasteiger partial charge < -0.3 is 9.64 Å². The topological polar surface area (TPSA) is 46.6 Å². The van der Waals surface area contributed by atoms with E-state index in [1.165, 1.54) is 4.90 Å². The van der Waals surface area contributed by atoms with E-state index in [-0.39, 0.29) is 12.5 Å². The lowest BCUT2D eigenvalue weighted by molar-refractivity contribution is -0.158. The molecule has 0 saturated carbocycles. The summed E-state index contributed by atoms with van der Waals surface area (Å²) < 4.78 is 5.27. The maximum Gasteiger partial charge on any atom is 0.326 e. The number of benzene rings is 1. The van der Waals surface area contributed by atoms with Gasteiger partial charge in [-0.3, -0.25) is 9.59 Å². The predicted molar refractivity (Wildman–Crippen MR) is 86.0 cm³/mol. The zero-order valence-electron chi connectivity index (χ0n) is 13.7. The normalized spacial score (nSPS) is 10.4. The summed E-state index contributed by atoms with van der Waals surface area (Å²) in [6, 6.07) is 9.81. The van der Waals surface area contributed by atoms with Gasteiger partial charge in [-0.2, -0.15) is 0 Å². The van der Waals surface area contributed by atoms with Gasteiger partial charge in [-0.15, -0.1) is 0 Å². The van der Waals surface area contributed by atoms with Crippen molar-refractivity contribution in [1.29, 1.82) is 0 Å². The van der Waals surface area contributed by atoms with Crippen LogP contribution in [0.1, 0.15) is 33.3 Å². The second-order valence-electron chi connectivity index (χ2n) is 5.92. The molecule has 4 nitrogen and oxygen atoms in total. The van der Waals surface area contributed by atoms with E-state index in [9.17, 15) is 9.59 Å². The van der Waals surface area contributed by atoms with E-state index in [1.807, 2.05) is 30.3 Å². The van der Waals surface area contributed by atoms with Crippen LogP contribution in [0.15, 0.2) is 30.3 Å². The van der Waals surface area contributed by atoms with Gasteiger partial charge in [0.15, 0.2) is 0 Å². The molecule has 22 heavy (non-hydrogen) atoms. The number of carbonyl (C=O) groups is 2. The number of rotatable bonds is 5. The second-order valence-corrected chi connectivity index (χ2v) is 5.92. The number of nitrogens with zero attached hydrogens (tertiary/aromatic N) is 1. The number of ether oxygens (including phenoxy) is 1. The highest BCUT2D eigenvalue weighted by molar-refractivity contribution is 5.95. The van der Waals surface area contributed by atoms with Gasteiger partial charge in [0.05, 0.1) is 0 Å². The molecule has 4 heteroatoms. The van der Waals surface area contributed by atoms with Crippen molar-refractivity contribution in [2.75, 3.05) is 13.1 Å². The summed E-state index contributed by atoms with van der Waals surface area (Å²) in [5.41, 5.74) is 0.538. The molecule has 0 aliphatic carbocycles. The van der Waals surface area contributed by atoms with Crippen LogP contribution in [0.2, 0.25) is 0 Å². The minimum atomic E-state index is -0.568. The third-order valence-electron chi connectivity index (χ3n) is 2.77. The van der Waals surface area contributed by atoms with Crippen molar-refractivity contribution in [1.82, 2.24) is 4.90 Å². The van der Waals surface area contributed by atoms with Gasteiger partial charge in [-0.1, -0.05) is 36.3 Å². The van der Waals surface area contributed by atoms with Crippen LogP contribution in [-0.2, 0) is 20.7 Å². The Hall–Kier alpha value is -2.28. The van der Waals surface area contributed by atoms with Gasteiger partial charge in [-0.05, 0) is 45.6 Å². The number of hydrogen-bond donors (Lipinski definition) is 0. The van der Waals surface area contributed by atoms with Crippen molar-refractivity contribution in [3.63, 3.8) is 0 Å². The minimum Gasteiger partial charge on any atom is -0.459 e. The first kappa shape index (κ1) is 17.8. The van der Waals surface area contributed by atoms with Crippen molar-refractivity contribution in [3.05, 3.63) is 35.9 Å². The molecular weight excluding hydrogens is 278 g/mol. The molecule has 1 aromatic rings. The van der Waals surface area contributed by atoms with Crippen LogP contribution in [0.3, 0.4) is 0 Å². The summed E-state index contributed by atoms with van der Waals surface area (Å²) in [6.07, 6.45) is 0.667. The molecule has 0 fully saturated rings. The molecule has 0 spiro atoms. The van der Waals surface area contributed by atoms with Crippen LogP contribution in [0.5, 0.6) is 0 Å². The first-order valence-corrected chi connectivity index (χ1v) is 7.29. The minimum absolute atomic E-state index is 0.0857. The summed E-state index contributed by atoms with van der Waals surface area (Å²) in [4.78, 5) is 25.4. The molecule has 0 aliphatic rings. The molecule has 0 aliphatic heterocycles. The molecule has 0 radical (unpaired) electrons. The fourth-order valence-corrected chi connectivity index (χ4v) is 1.88. The Morgan fingerprint density at radius 3 is 2.36 bits per heavy atom. The lowest BCUT2D eigenvalue weighted by Crippen LogP contribution is -2.39. The summed E-state index contributed by atoms with van der Waals surface area (Å²) in [6.45, 7) is 7.34. The van der Waals surface area contributed by atoms with Crippen molar-refractivity contribution in [2.24, 2.45) is 0 Å². The van der Waals surface area contributed by atoms with Crippen molar-refractivity contribution in [3.8, 4) is 11.8 Å². The summed E-state index contributed by atoms with van der Waals surface area (Å²) in [7, 11) is 0. The maximum absolute atomic E-state index is 12.0. The van der Waals surface area contributed by atoms with Crippen molar-refractivity contribution >= 4 is 11.9 Å². The van der Waals surface area contributed by atoms with Crippen LogP contribution in [-0.4, -0.2) is 35.5 Å². The van der Waals surface area contributed by atoms with Crippen LogP contribution in [0, 0.1) is 11.8 Å². The van der Waals surface area contributed by atoms with Crippen LogP contribution in [0.25, 0.3) is 0 Å². The number of hydrogen-bond acceptors (Lipinski definition) is 3. The van der Waals surface area contributed by atoms with E-state index in [4.69, 9.17) is 4.74 Å². The molecule has 0 heterocycles. The molecule has 0 atom stereocenters. The van der Waals surface area contributed by atoms with Crippen molar-refractivity contribution < 1.29 is 14.3 Å². The quantitative estimate of drug-likeness (QED) is 0.620. The fourth-order valence-electron chi connectivity index (χ4n) is 1.88. The third-order valence-corrected chi connectivity index (χ3v) is 2.77. The number of amides is 1. The second kappa shape index (κ2) is 8.23. The standard InChI is InChI=1S/C18H23NO3/c1-5-9-16(20)19(14-17(21)22-18(2,3)4)13-12-15-10-7-6-8-11-15/h6-8,10-11H,12-14H2,1-4H3. The zero-order chi connectivity index (χ0) is 16.6. The van der Waals surface area contributed by atoms with E-state index in [2.05, 4.69) is 11.8 Å². The molecule has 0 aromatic heterocycles. The Morgan fingerprint density at radius 2 is 1.82 bits per heavy atom. The maximum atomic E-state index is 12.0. The lowest BCUT2D eigenvalue weighted by Gasteiger charge is -2.24. The van der Waals surface area contributed by atoms with Crippen LogP contribution in [0.4, 0.5) is 0 Å². The average Bonchev–Trinajstić information content (AvgIpc) is 2.42. The molecule has 0 N–H and O–H groups in total. The SMILES string of the molecule is CC#CC(=O)N(CCc1ccccc1)CC(=O)OC(C)(C)C. The van der Waals surface area contributed by atoms with Gasteiger partial charge in [-0.25, -0.2) is 0 Å². The smallest absolute Gasteiger partial charge is 0.326 e. The Morgan fingerprint density at radius 1 is 1.18 bits per heavy atom. The summed E-state index contributed by atoms with van der Waals surface area (Å²) in [5, 5.41) is 0. The lowest BCUT2D eigenvalue weighted by atomic mass is 10.1. The summed E-state index contributed by atoms with van der Waals surface area (Å²) >= 11 is 0. The molecule has 1 rings (SSSR count). The van der Waals surface area contributed by atoms with Crippen LogP contribution < -0.4 is 0 Å². The van der Waals surface area contributed by atoms with Crippen molar-refractivity contribution in [2.45, 2.75) is 39.7 Å². The Balaban J connectivity index is 2.69. The predicted octanol–water partition coefficient (Wildman–Crippen LogP) is 2.42. The Bertz CT molecular complexity index is 561. The number of esters is 1. The van der Waals surface area contributed by atoms with Gasteiger partial charge in [0.25, 0.3) is 5.91 Å². The molecule has 118 valence electrons. The highest BCUT2D eigenvalue weighted by Gasteiger charge is 2.21. The average molecular weight is 301 g/mol. The molecule has 0 saturated heterocycles. The Labute approximate surface area is 132 Å². The van der Waals surface area contributed by atoms with Crippen LogP contribution >= 0.6 is 0 Å². The fraction of sp³-hybridized carbons (Fsp3) is 0.444. The van der Waals surface area contributed by atoms with E-state index >= 15 is 0 Å². The summed E-state index contributed by atoms with van der Waals surface area (Å²) in [5.74, 6) is 4.27. The largest absolute Gasteiger partial charge is 0.459 e.